The van der Waals surface area contributed by atoms with Crippen molar-refractivity contribution in [2.75, 3.05) is 6.54 Å². The summed E-state index contributed by atoms with van der Waals surface area (Å²) in [5, 5.41) is 11.0. The number of phenolic OH excluding ortho intramolecular Hbond substituents is 1. The second kappa shape index (κ2) is 11.2. The van der Waals surface area contributed by atoms with E-state index >= 15 is 0 Å². The van der Waals surface area contributed by atoms with Gasteiger partial charge in [0.25, 0.3) is 0 Å². The van der Waals surface area contributed by atoms with Crippen LogP contribution in [0.1, 0.15) is 11.1 Å². The van der Waals surface area contributed by atoms with Gasteiger partial charge in [0.05, 0.1) is 5.02 Å². The molecule has 4 rings (SSSR count). The highest BCUT2D eigenvalue weighted by atomic mass is 35.5. The maximum Gasteiger partial charge on any atom is 0.247 e. The van der Waals surface area contributed by atoms with E-state index in [1.807, 2.05) is 36.4 Å². The van der Waals surface area contributed by atoms with Crippen molar-refractivity contribution in [3.8, 4) is 16.9 Å². The number of phenols is 1. The molecule has 0 aromatic heterocycles. The first-order valence-corrected chi connectivity index (χ1v) is 13.5. The van der Waals surface area contributed by atoms with Gasteiger partial charge >= 0.3 is 0 Å². The van der Waals surface area contributed by atoms with Crippen molar-refractivity contribution in [2.45, 2.75) is 17.9 Å². The number of hydrogen-bond acceptors (Lipinski definition) is 3. The zero-order valence-electron chi connectivity index (χ0n) is 18.8. The molecule has 0 atom stereocenters. The predicted molar refractivity (Wildman–Crippen MR) is 143 cm³/mol. The first-order valence-electron chi connectivity index (χ1n) is 10.9. The normalized spacial score (nSPS) is 11.7. The Morgan fingerprint density at radius 2 is 1.47 bits per heavy atom. The van der Waals surface area contributed by atoms with Gasteiger partial charge < -0.3 is 5.11 Å². The lowest BCUT2D eigenvalue weighted by molar-refractivity contribution is 0.402. The number of benzene rings is 4. The van der Waals surface area contributed by atoms with Crippen LogP contribution in [0.2, 0.25) is 15.1 Å². The van der Waals surface area contributed by atoms with Crippen LogP contribution in [0.15, 0.2) is 89.8 Å². The van der Waals surface area contributed by atoms with Crippen LogP contribution in [0.4, 0.5) is 4.39 Å². The lowest BCUT2D eigenvalue weighted by atomic mass is 10.0. The summed E-state index contributed by atoms with van der Waals surface area (Å²) in [6.45, 7) is 0.0945. The van der Waals surface area contributed by atoms with E-state index < -0.39 is 15.8 Å². The minimum absolute atomic E-state index is 0.0224. The maximum absolute atomic E-state index is 13.7. The van der Waals surface area contributed by atoms with E-state index in [4.69, 9.17) is 34.8 Å². The molecule has 4 aromatic carbocycles. The number of halogens is 4. The molecule has 0 amide bonds. The molecule has 0 aliphatic heterocycles. The zero-order chi connectivity index (χ0) is 25.9. The summed E-state index contributed by atoms with van der Waals surface area (Å²) in [6, 6.07) is 23.1. The second-order valence-corrected chi connectivity index (χ2v) is 11.3. The van der Waals surface area contributed by atoms with Crippen LogP contribution < -0.4 is 0 Å². The minimum atomic E-state index is -4.21. The minimum Gasteiger partial charge on any atom is -0.505 e. The van der Waals surface area contributed by atoms with Crippen LogP contribution in [0.5, 0.6) is 5.75 Å². The van der Waals surface area contributed by atoms with Crippen LogP contribution in [0, 0.1) is 5.82 Å². The molecule has 0 aliphatic rings. The molecule has 4 aromatic rings. The Labute approximate surface area is 224 Å². The van der Waals surface area contributed by atoms with Gasteiger partial charge in [-0.2, -0.15) is 4.31 Å². The summed E-state index contributed by atoms with van der Waals surface area (Å²) in [6.07, 6.45) is 0.325. The third kappa shape index (κ3) is 6.20. The van der Waals surface area contributed by atoms with Crippen molar-refractivity contribution >= 4 is 44.8 Å². The van der Waals surface area contributed by atoms with E-state index in [1.54, 1.807) is 24.3 Å². The molecule has 0 bridgehead atoms. The van der Waals surface area contributed by atoms with Crippen molar-refractivity contribution in [2.24, 2.45) is 0 Å². The number of aromatic hydroxyl groups is 1. The first-order chi connectivity index (χ1) is 17.1. The largest absolute Gasteiger partial charge is 0.505 e. The zero-order valence-corrected chi connectivity index (χ0v) is 21.9. The van der Waals surface area contributed by atoms with Gasteiger partial charge in [-0.15, -0.1) is 0 Å². The average molecular weight is 565 g/mol. The number of sulfonamides is 1. The van der Waals surface area contributed by atoms with Crippen LogP contribution in [-0.4, -0.2) is 24.4 Å². The van der Waals surface area contributed by atoms with Gasteiger partial charge in [-0.1, -0.05) is 77.3 Å². The Hall–Kier alpha value is -2.61. The monoisotopic (exact) mass is 563 g/mol. The second-order valence-electron chi connectivity index (χ2n) is 8.16. The van der Waals surface area contributed by atoms with Crippen LogP contribution in [-0.2, 0) is 23.0 Å². The Morgan fingerprint density at radius 1 is 0.778 bits per heavy atom. The summed E-state index contributed by atoms with van der Waals surface area (Å²) in [4.78, 5) is -0.382. The topological polar surface area (TPSA) is 57.6 Å². The van der Waals surface area contributed by atoms with Crippen molar-refractivity contribution < 1.29 is 17.9 Å². The van der Waals surface area contributed by atoms with E-state index in [-0.39, 0.29) is 33.8 Å². The van der Waals surface area contributed by atoms with Crippen molar-refractivity contribution in [1.29, 1.82) is 0 Å². The van der Waals surface area contributed by atoms with Crippen LogP contribution in [0.25, 0.3) is 11.1 Å². The molecule has 0 saturated heterocycles. The number of rotatable bonds is 8. The van der Waals surface area contributed by atoms with Gasteiger partial charge in [-0.05, 0) is 71.1 Å². The molecule has 0 heterocycles. The van der Waals surface area contributed by atoms with Crippen molar-refractivity contribution in [1.82, 2.24) is 4.31 Å². The summed E-state index contributed by atoms with van der Waals surface area (Å²) < 4.78 is 42.0. The number of hydrogen-bond donors (Lipinski definition) is 1. The van der Waals surface area contributed by atoms with Crippen molar-refractivity contribution in [3.05, 3.63) is 117 Å². The molecule has 186 valence electrons. The lowest BCUT2D eigenvalue weighted by Gasteiger charge is -2.23. The third-order valence-electron chi connectivity index (χ3n) is 5.64. The quantitative estimate of drug-likeness (QED) is 0.240. The van der Waals surface area contributed by atoms with E-state index in [1.165, 1.54) is 28.6 Å². The fourth-order valence-corrected chi connectivity index (χ4v) is 6.06. The molecule has 0 spiro atoms. The van der Waals surface area contributed by atoms with Crippen LogP contribution >= 0.6 is 34.8 Å². The van der Waals surface area contributed by atoms with E-state index in [0.29, 0.717) is 11.4 Å². The summed E-state index contributed by atoms with van der Waals surface area (Å²) in [5.74, 6) is -0.941. The van der Waals surface area contributed by atoms with Crippen molar-refractivity contribution in [3.63, 3.8) is 0 Å². The molecule has 0 radical (unpaired) electrons. The van der Waals surface area contributed by atoms with Gasteiger partial charge in [0, 0.05) is 23.1 Å². The Morgan fingerprint density at radius 3 is 2.17 bits per heavy atom. The summed E-state index contributed by atoms with van der Waals surface area (Å²) >= 11 is 18.1. The van der Waals surface area contributed by atoms with E-state index in [2.05, 4.69) is 0 Å². The Bertz CT molecular complexity index is 1480. The molecule has 0 unspecified atom stereocenters. The number of nitrogens with zero attached hydrogens (tertiary/aromatic N) is 1. The lowest BCUT2D eigenvalue weighted by Crippen LogP contribution is -2.32. The third-order valence-corrected chi connectivity index (χ3v) is 8.25. The van der Waals surface area contributed by atoms with Gasteiger partial charge in [-0.25, -0.2) is 12.8 Å². The van der Waals surface area contributed by atoms with Gasteiger partial charge in [-0.3, -0.25) is 0 Å². The highest BCUT2D eigenvalue weighted by molar-refractivity contribution is 7.89. The molecule has 36 heavy (non-hydrogen) atoms. The molecular weight excluding hydrogens is 544 g/mol. The maximum atomic E-state index is 13.7. The average Bonchev–Trinajstić information content (AvgIpc) is 2.85. The summed E-state index contributed by atoms with van der Waals surface area (Å²) in [5.41, 5.74) is 3.33. The summed E-state index contributed by atoms with van der Waals surface area (Å²) in [7, 11) is -4.21. The standard InChI is InChI=1S/C27H21Cl3FNO3S/c28-22-8-6-20(7-9-22)21-3-1-2-19(14-21)17-32(13-12-18-4-10-24(31)11-5-18)36(34,35)26-16-23(29)15-25(30)27(26)33/h1-11,14-16,33H,12-13,17H2. The molecule has 9 heteroatoms. The molecule has 0 fully saturated rings. The molecule has 0 saturated carbocycles. The van der Waals surface area contributed by atoms with Crippen LogP contribution in [0.3, 0.4) is 0 Å². The van der Waals surface area contributed by atoms with Gasteiger partial charge in [0.1, 0.15) is 10.7 Å². The highest BCUT2D eigenvalue weighted by Crippen LogP contribution is 2.36. The molecule has 0 aliphatic carbocycles. The Kier molecular flexibility index (Phi) is 8.23. The highest BCUT2D eigenvalue weighted by Gasteiger charge is 2.29. The first kappa shape index (κ1) is 26.5. The molecular formula is C27H21Cl3FNO3S. The SMILES string of the molecule is O=S(=O)(c1cc(Cl)cc(Cl)c1O)N(CCc1ccc(F)cc1)Cc1cccc(-c2ccc(Cl)cc2)c1. The smallest absolute Gasteiger partial charge is 0.247 e. The fraction of sp³-hybridized carbons (Fsp3) is 0.111. The van der Waals surface area contributed by atoms with Gasteiger partial charge in [0.2, 0.25) is 10.0 Å². The fourth-order valence-electron chi connectivity index (χ4n) is 3.76. The molecule has 1 N–H and O–H groups in total. The Balaban J connectivity index is 1.70. The molecule has 4 nitrogen and oxygen atoms in total. The van der Waals surface area contributed by atoms with E-state index in [9.17, 15) is 17.9 Å². The van der Waals surface area contributed by atoms with Gasteiger partial charge in [0.15, 0.2) is 5.75 Å². The predicted octanol–water partition coefficient (Wildman–Crippen LogP) is 7.59. The van der Waals surface area contributed by atoms with E-state index in [0.717, 1.165) is 22.3 Å².